The number of aliphatic hydroxyl groups excluding tert-OH is 1. The maximum atomic E-state index is 16.1. The highest BCUT2D eigenvalue weighted by Crippen LogP contribution is 2.56. The summed E-state index contributed by atoms with van der Waals surface area (Å²) in [4.78, 5) is 25.7. The average Bonchev–Trinajstić information content (AvgIpc) is 3.96. The number of anilines is 2. The maximum Gasteiger partial charge on any atom is 0.200 e. The van der Waals surface area contributed by atoms with Gasteiger partial charge >= 0.3 is 0 Å². The van der Waals surface area contributed by atoms with E-state index >= 15 is 4.79 Å². The van der Waals surface area contributed by atoms with Crippen LogP contribution in [0.3, 0.4) is 0 Å². The number of ether oxygens (including phenoxy) is 2. The monoisotopic (exact) mass is 863 g/mol. The van der Waals surface area contributed by atoms with E-state index in [9.17, 15) is 25.5 Å². The summed E-state index contributed by atoms with van der Waals surface area (Å²) >= 11 is 0. The van der Waals surface area contributed by atoms with Crippen molar-refractivity contribution in [2.45, 2.75) is 74.2 Å². The molecule has 12 heteroatoms. The van der Waals surface area contributed by atoms with Crippen molar-refractivity contribution in [3.63, 3.8) is 0 Å². The van der Waals surface area contributed by atoms with Gasteiger partial charge in [0.2, 0.25) is 5.75 Å². The van der Waals surface area contributed by atoms with E-state index in [1.807, 2.05) is 43.5 Å². The van der Waals surface area contributed by atoms with Gasteiger partial charge in [-0.3, -0.25) is 4.79 Å². The van der Waals surface area contributed by atoms with Crippen molar-refractivity contribution in [1.82, 2.24) is 15.3 Å². The van der Waals surface area contributed by atoms with Crippen molar-refractivity contribution in [3.8, 4) is 34.5 Å². The van der Waals surface area contributed by atoms with Crippen LogP contribution < -0.4 is 25.1 Å². The second-order valence-electron chi connectivity index (χ2n) is 17.9. The number of methoxy groups -OCH3 is 2. The van der Waals surface area contributed by atoms with Crippen LogP contribution in [0.25, 0.3) is 16.8 Å². The number of likely N-dealkylation sites (N-methyl/N-ethyl adjacent to an activating group) is 1. The molecule has 2 aliphatic carbocycles. The number of benzene rings is 4. The standard InChI is InChI=1S/C52H55N4O8/c1-53-29-51-17-14-32-22-38(57)21-31-10-11-39(48(51)47(31)32)56-46-27-36(15-19-55-46)52(16-4-6-35(52)26-37-7-5-18-54-37)49(41(59)13-9-30-8-12-40(58)44(20-30)63-2)42(60)24-34(28-51)33-23-43(61)50(62)45(25-33)64-3/h5,7-8,10-12,14-15,17-23,25,27,34-35,41,49,53,57-59,61-62H,4,6,9,13,16,24,26,28-29H2,1-3H3,(H,55,56)/q-1. The first kappa shape index (κ1) is 42.8. The molecule has 2 bridgehead atoms. The molecular weight excluding hydrogens is 809 g/mol. The fraction of sp³-hybridized carbons (Fsp3) is 0.346. The minimum Gasteiger partial charge on any atom is -0.668 e. The number of carbonyl (C=O) groups excluding carboxylic acids is 1. The summed E-state index contributed by atoms with van der Waals surface area (Å²) in [6, 6.07) is 23.9. The van der Waals surface area contributed by atoms with Crippen molar-refractivity contribution in [3.05, 3.63) is 131 Å². The molecule has 6 unspecified atom stereocenters. The molecule has 1 fully saturated rings. The largest absolute Gasteiger partial charge is 0.668 e. The van der Waals surface area contributed by atoms with Gasteiger partial charge in [0.25, 0.3) is 0 Å². The van der Waals surface area contributed by atoms with Crippen molar-refractivity contribution in [2.75, 3.05) is 33.1 Å². The zero-order valence-corrected chi connectivity index (χ0v) is 36.3. The Labute approximate surface area is 372 Å². The topological polar surface area (TPSA) is 188 Å². The molecule has 6 aromatic rings. The molecule has 64 heavy (non-hydrogen) atoms. The van der Waals surface area contributed by atoms with Gasteiger partial charge < -0.3 is 50.6 Å². The number of aromatic hydroxyl groups is 4. The highest BCUT2D eigenvalue weighted by atomic mass is 16.5. The van der Waals surface area contributed by atoms with Crippen molar-refractivity contribution in [1.29, 1.82) is 0 Å². The average molecular weight is 864 g/mol. The lowest BCUT2D eigenvalue weighted by molar-refractivity contribution is -0.132. The third-order valence-electron chi connectivity index (χ3n) is 14.3. The molecule has 9 rings (SSSR count). The molecule has 3 heterocycles. The molecule has 332 valence electrons. The Balaban J connectivity index is 1.28. The number of Topliss-reactive ketones (excluding diaryl/α,β-unsaturated/α-hetero) is 1. The van der Waals surface area contributed by atoms with E-state index in [-0.39, 0.29) is 47.5 Å². The number of carbonyl (C=O) groups is 1. The van der Waals surface area contributed by atoms with Gasteiger partial charge in [-0.05, 0) is 151 Å². The van der Waals surface area contributed by atoms with Crippen LogP contribution in [0.15, 0.2) is 97.3 Å². The summed E-state index contributed by atoms with van der Waals surface area (Å²) in [6.45, 7) is 0.456. The highest BCUT2D eigenvalue weighted by Gasteiger charge is 2.55. The minimum absolute atomic E-state index is 0.0103. The number of fused-ring (bicyclic) bond motifs is 3. The Hall–Kier alpha value is -6.50. The molecule has 1 aliphatic heterocycles. The quantitative estimate of drug-likeness (QED) is 0.0619. The Morgan fingerprint density at radius 2 is 1.81 bits per heavy atom. The predicted octanol–water partition coefficient (Wildman–Crippen LogP) is 8.30. The van der Waals surface area contributed by atoms with Crippen molar-refractivity contribution < 1.29 is 39.8 Å². The number of phenols is 4. The first-order chi connectivity index (χ1) is 31.0. The van der Waals surface area contributed by atoms with Crippen LogP contribution in [0.4, 0.5) is 11.5 Å². The van der Waals surface area contributed by atoms with Gasteiger partial charge in [0, 0.05) is 35.7 Å². The second kappa shape index (κ2) is 17.2. The number of pyridine rings is 1. The van der Waals surface area contributed by atoms with Gasteiger partial charge in [0.05, 0.1) is 26.2 Å². The number of aliphatic hydroxyl groups is 1. The van der Waals surface area contributed by atoms with E-state index < -0.39 is 34.5 Å². The molecule has 4 aromatic carbocycles. The number of ketones is 1. The summed E-state index contributed by atoms with van der Waals surface area (Å²) in [5, 5.41) is 65.2. The number of nitrogens with one attached hydrogen (secondary N) is 2. The second-order valence-corrected chi connectivity index (χ2v) is 17.9. The number of hydrogen-bond acceptors (Lipinski definition) is 11. The Morgan fingerprint density at radius 1 is 0.969 bits per heavy atom. The normalized spacial score (nSPS) is 23.2. The zero-order chi connectivity index (χ0) is 44.8. The summed E-state index contributed by atoms with van der Waals surface area (Å²) in [5.74, 6) is -1.24. The van der Waals surface area contributed by atoms with Gasteiger partial charge in [-0.2, -0.15) is 11.9 Å². The fourth-order valence-electron chi connectivity index (χ4n) is 11.6. The minimum atomic E-state index is -1.10. The van der Waals surface area contributed by atoms with Gasteiger partial charge in [0.1, 0.15) is 17.4 Å². The molecule has 3 aliphatic rings. The van der Waals surface area contributed by atoms with E-state index in [4.69, 9.17) is 19.4 Å². The molecule has 2 aromatic heterocycles. The maximum absolute atomic E-state index is 16.1. The summed E-state index contributed by atoms with van der Waals surface area (Å²) < 4.78 is 11.0. The molecule has 1 saturated carbocycles. The molecule has 0 radical (unpaired) electrons. The molecule has 1 spiro atoms. The number of rotatable bonds is 11. The fourth-order valence-corrected chi connectivity index (χ4v) is 11.6. The molecule has 12 nitrogen and oxygen atoms in total. The van der Waals surface area contributed by atoms with Gasteiger partial charge in [0.15, 0.2) is 23.0 Å². The SMILES string of the molecule is CNCC12C=Cc3cc(O)cc4ccc(c1c34)Nc1cc(ccn1)C1(CCCC1Cc1ccc[n-]1)C(C(O)CCc1ccc(O)c(OC)c1)C(=O)CC(c1cc(O)c(O)c(OC)c1)C2. The van der Waals surface area contributed by atoms with E-state index in [1.165, 1.54) is 20.3 Å². The number of phenolic OH excluding ortho intramolecular Hbond substituents is 4. The van der Waals surface area contributed by atoms with E-state index in [2.05, 4.69) is 22.8 Å². The van der Waals surface area contributed by atoms with Crippen LogP contribution in [-0.2, 0) is 28.5 Å². The third kappa shape index (κ3) is 7.58. The Bertz CT molecular complexity index is 2730. The van der Waals surface area contributed by atoms with Gasteiger partial charge in [-0.1, -0.05) is 42.8 Å². The van der Waals surface area contributed by atoms with Gasteiger partial charge in [-0.25, -0.2) is 4.98 Å². The number of aromatic nitrogens is 2. The zero-order valence-electron chi connectivity index (χ0n) is 36.3. The smallest absolute Gasteiger partial charge is 0.200 e. The molecule has 6 atom stereocenters. The van der Waals surface area contributed by atoms with Gasteiger partial charge in [-0.15, -0.1) is 0 Å². The summed E-state index contributed by atoms with van der Waals surface area (Å²) in [6.07, 6.45) is 10.6. The molecule has 0 amide bonds. The lowest BCUT2D eigenvalue weighted by Gasteiger charge is -2.46. The Kier molecular flexibility index (Phi) is 11.5. The van der Waals surface area contributed by atoms with Crippen LogP contribution in [0, 0.1) is 11.8 Å². The Morgan fingerprint density at radius 3 is 2.59 bits per heavy atom. The van der Waals surface area contributed by atoms with Crippen LogP contribution in [0.2, 0.25) is 0 Å². The van der Waals surface area contributed by atoms with Crippen LogP contribution in [0.5, 0.6) is 34.5 Å². The molecule has 0 saturated heterocycles. The molecule has 7 N–H and O–H groups in total. The van der Waals surface area contributed by atoms with E-state index in [0.717, 1.165) is 57.2 Å². The summed E-state index contributed by atoms with van der Waals surface area (Å²) in [7, 11) is 4.82. The lowest BCUT2D eigenvalue weighted by atomic mass is 9.58. The molecular formula is C52H55N4O8-. The van der Waals surface area contributed by atoms with E-state index in [1.54, 1.807) is 48.8 Å². The van der Waals surface area contributed by atoms with E-state index in [0.29, 0.717) is 49.4 Å². The van der Waals surface area contributed by atoms with Crippen LogP contribution in [-0.4, -0.2) is 70.2 Å². The van der Waals surface area contributed by atoms with Crippen LogP contribution in [0.1, 0.15) is 78.0 Å². The predicted molar refractivity (Wildman–Crippen MR) is 246 cm³/mol. The first-order valence-electron chi connectivity index (χ1n) is 22.1. The summed E-state index contributed by atoms with van der Waals surface area (Å²) in [5.41, 5.74) is 4.29. The highest BCUT2D eigenvalue weighted by molar-refractivity contribution is 6.01. The first-order valence-corrected chi connectivity index (χ1v) is 22.1. The lowest BCUT2D eigenvalue weighted by Crippen LogP contribution is -2.50. The number of aryl methyl sites for hydroxylation is 1. The number of nitrogens with zero attached hydrogens (tertiary/aromatic N) is 2. The third-order valence-corrected chi connectivity index (χ3v) is 14.3. The number of hydrogen-bond donors (Lipinski definition) is 7. The van der Waals surface area contributed by atoms with Crippen molar-refractivity contribution in [2.24, 2.45) is 11.8 Å². The van der Waals surface area contributed by atoms with Crippen molar-refractivity contribution >= 4 is 34.1 Å². The van der Waals surface area contributed by atoms with Crippen LogP contribution >= 0.6 is 0 Å².